The highest BCUT2D eigenvalue weighted by atomic mass is 32.1. The zero-order chi connectivity index (χ0) is 15.2. The Morgan fingerprint density at radius 3 is 2.52 bits per heavy atom. The van der Waals surface area contributed by atoms with E-state index in [0.29, 0.717) is 17.6 Å². The van der Waals surface area contributed by atoms with Gasteiger partial charge in [-0.1, -0.05) is 32.0 Å². The van der Waals surface area contributed by atoms with Crippen LogP contribution in [0.5, 0.6) is 0 Å². The molecule has 0 aliphatic heterocycles. The molecule has 0 fully saturated rings. The van der Waals surface area contributed by atoms with Crippen LogP contribution in [0.15, 0.2) is 41.8 Å². The third-order valence-corrected chi connectivity index (χ3v) is 4.39. The Hall–Kier alpha value is -1.46. The molecule has 0 radical (unpaired) electrons. The Morgan fingerprint density at radius 1 is 1.24 bits per heavy atom. The van der Waals surface area contributed by atoms with Crippen LogP contribution in [-0.2, 0) is 6.54 Å². The van der Waals surface area contributed by atoms with Crippen LogP contribution in [-0.4, -0.2) is 5.11 Å². The Balaban J connectivity index is 1.89. The molecule has 1 aromatic heterocycles. The summed E-state index contributed by atoms with van der Waals surface area (Å²) in [6, 6.07) is 10.8. The van der Waals surface area contributed by atoms with E-state index in [1.165, 1.54) is 17.0 Å². The highest BCUT2D eigenvalue weighted by Crippen LogP contribution is 2.25. The van der Waals surface area contributed by atoms with Gasteiger partial charge in [-0.05, 0) is 47.3 Å². The molecule has 0 spiro atoms. The smallest absolute Gasteiger partial charge is 0.167 e. The van der Waals surface area contributed by atoms with Crippen LogP contribution in [0.3, 0.4) is 0 Å². The molecule has 5 heteroatoms. The lowest BCUT2D eigenvalue weighted by atomic mass is 10.0. The molecule has 2 N–H and O–H groups in total. The molecule has 0 aliphatic carbocycles. The van der Waals surface area contributed by atoms with Crippen molar-refractivity contribution in [3.8, 4) is 0 Å². The van der Waals surface area contributed by atoms with E-state index in [-0.39, 0.29) is 11.9 Å². The molecule has 0 amide bonds. The third-order valence-electron chi connectivity index (χ3n) is 3.17. The summed E-state index contributed by atoms with van der Waals surface area (Å²) in [5.74, 6) is 0.214. The molecule has 2 nitrogen and oxygen atoms in total. The fraction of sp³-hybridized carbons (Fsp3) is 0.312. The maximum absolute atomic E-state index is 12.8. The van der Waals surface area contributed by atoms with Crippen LogP contribution in [0.25, 0.3) is 0 Å². The topological polar surface area (TPSA) is 24.1 Å². The summed E-state index contributed by atoms with van der Waals surface area (Å²) < 4.78 is 12.8. The molecule has 0 saturated heterocycles. The summed E-state index contributed by atoms with van der Waals surface area (Å²) in [6.45, 7) is 4.92. The van der Waals surface area contributed by atoms with Crippen molar-refractivity contribution in [2.75, 3.05) is 0 Å². The SMILES string of the molecule is CC(C)[C@H](NC(=S)NCc1ccc(F)cc1)c1cccs1. The summed E-state index contributed by atoms with van der Waals surface area (Å²) in [7, 11) is 0. The minimum Gasteiger partial charge on any atom is -0.359 e. The van der Waals surface area contributed by atoms with Crippen LogP contribution in [0.2, 0.25) is 0 Å². The first-order valence-corrected chi connectivity index (χ1v) is 8.17. The Kier molecular flexibility index (Phi) is 5.70. The van der Waals surface area contributed by atoms with Gasteiger partial charge in [0.25, 0.3) is 0 Å². The Bertz CT molecular complexity index is 564. The van der Waals surface area contributed by atoms with Crippen LogP contribution in [0.1, 0.15) is 30.3 Å². The first-order valence-electron chi connectivity index (χ1n) is 6.88. The summed E-state index contributed by atoms with van der Waals surface area (Å²) in [5.41, 5.74) is 0.998. The van der Waals surface area contributed by atoms with Gasteiger partial charge in [0.15, 0.2) is 5.11 Å². The number of thiocarbonyl (C=S) groups is 1. The minimum absolute atomic E-state index is 0.207. The number of benzene rings is 1. The van der Waals surface area contributed by atoms with Gasteiger partial charge in [-0.25, -0.2) is 4.39 Å². The van der Waals surface area contributed by atoms with Gasteiger partial charge in [-0.15, -0.1) is 11.3 Å². The van der Waals surface area contributed by atoms with Gasteiger partial charge in [-0.2, -0.15) is 0 Å². The van der Waals surface area contributed by atoms with E-state index < -0.39 is 0 Å². The molecule has 0 aliphatic rings. The zero-order valence-corrected chi connectivity index (χ0v) is 13.7. The fourth-order valence-corrected chi connectivity index (χ4v) is 3.16. The highest BCUT2D eigenvalue weighted by Gasteiger charge is 2.17. The van der Waals surface area contributed by atoms with Crippen molar-refractivity contribution in [3.05, 3.63) is 58.0 Å². The quantitative estimate of drug-likeness (QED) is 0.805. The van der Waals surface area contributed by atoms with Gasteiger partial charge in [0.05, 0.1) is 6.04 Å². The number of rotatable bonds is 5. The summed E-state index contributed by atoms with van der Waals surface area (Å²) >= 11 is 7.08. The molecule has 0 saturated carbocycles. The normalized spacial score (nSPS) is 12.2. The molecule has 0 unspecified atom stereocenters. The van der Waals surface area contributed by atoms with Gasteiger partial charge < -0.3 is 10.6 Å². The number of hydrogen-bond donors (Lipinski definition) is 2. The van der Waals surface area contributed by atoms with E-state index >= 15 is 0 Å². The maximum atomic E-state index is 12.8. The molecule has 112 valence electrons. The van der Waals surface area contributed by atoms with Crippen molar-refractivity contribution >= 4 is 28.7 Å². The van der Waals surface area contributed by atoms with Crippen molar-refractivity contribution in [1.29, 1.82) is 0 Å². The van der Waals surface area contributed by atoms with E-state index in [1.54, 1.807) is 23.5 Å². The van der Waals surface area contributed by atoms with Crippen molar-refractivity contribution in [3.63, 3.8) is 0 Å². The van der Waals surface area contributed by atoms with Crippen molar-refractivity contribution in [2.24, 2.45) is 5.92 Å². The number of halogens is 1. The Labute approximate surface area is 134 Å². The van der Waals surface area contributed by atoms with E-state index in [0.717, 1.165) is 5.56 Å². The van der Waals surface area contributed by atoms with Gasteiger partial charge in [0, 0.05) is 11.4 Å². The van der Waals surface area contributed by atoms with Crippen molar-refractivity contribution in [2.45, 2.75) is 26.4 Å². The molecule has 0 bridgehead atoms. The Morgan fingerprint density at radius 2 is 1.95 bits per heavy atom. The monoisotopic (exact) mass is 322 g/mol. The lowest BCUT2D eigenvalue weighted by Gasteiger charge is -2.23. The molecular formula is C16H19FN2S2. The number of thiophene rings is 1. The first-order chi connectivity index (χ1) is 10.1. The third kappa shape index (κ3) is 4.79. The molecule has 1 atom stereocenters. The van der Waals surface area contributed by atoms with E-state index in [4.69, 9.17) is 12.2 Å². The molecule has 21 heavy (non-hydrogen) atoms. The molecule has 1 aromatic carbocycles. The van der Waals surface area contributed by atoms with Crippen molar-refractivity contribution < 1.29 is 4.39 Å². The van der Waals surface area contributed by atoms with Crippen LogP contribution in [0.4, 0.5) is 4.39 Å². The summed E-state index contributed by atoms with van der Waals surface area (Å²) in [6.07, 6.45) is 0. The predicted molar refractivity (Wildman–Crippen MR) is 90.9 cm³/mol. The average molecular weight is 322 g/mol. The summed E-state index contributed by atoms with van der Waals surface area (Å²) in [5, 5.41) is 9.21. The maximum Gasteiger partial charge on any atom is 0.167 e. The van der Waals surface area contributed by atoms with E-state index in [9.17, 15) is 4.39 Å². The number of nitrogens with one attached hydrogen (secondary N) is 2. The lowest BCUT2D eigenvalue weighted by Crippen LogP contribution is -2.38. The minimum atomic E-state index is -0.225. The van der Waals surface area contributed by atoms with Crippen LogP contribution < -0.4 is 10.6 Å². The molecule has 2 aromatic rings. The van der Waals surface area contributed by atoms with Gasteiger partial charge in [-0.3, -0.25) is 0 Å². The van der Waals surface area contributed by atoms with Gasteiger partial charge in [0.2, 0.25) is 0 Å². The van der Waals surface area contributed by atoms with E-state index in [1.807, 2.05) is 6.07 Å². The first kappa shape index (κ1) is 15.9. The average Bonchev–Trinajstić information content (AvgIpc) is 2.97. The largest absolute Gasteiger partial charge is 0.359 e. The number of hydrogen-bond acceptors (Lipinski definition) is 2. The van der Waals surface area contributed by atoms with Gasteiger partial charge in [0.1, 0.15) is 5.82 Å². The fourth-order valence-electron chi connectivity index (χ4n) is 2.01. The molecule has 2 rings (SSSR count). The standard InChI is InChI=1S/C16H19FN2S2/c1-11(2)15(14-4-3-9-21-14)19-16(20)18-10-12-5-7-13(17)8-6-12/h3-9,11,15H,10H2,1-2H3,(H2,18,19,20)/t15-/m0/s1. The highest BCUT2D eigenvalue weighted by molar-refractivity contribution is 7.80. The second-order valence-electron chi connectivity index (χ2n) is 5.19. The molecular weight excluding hydrogens is 303 g/mol. The second kappa shape index (κ2) is 7.52. The predicted octanol–water partition coefficient (Wildman–Crippen LogP) is 4.25. The molecule has 1 heterocycles. The second-order valence-corrected chi connectivity index (χ2v) is 6.58. The summed E-state index contributed by atoms with van der Waals surface area (Å²) in [4.78, 5) is 1.27. The van der Waals surface area contributed by atoms with Crippen LogP contribution >= 0.6 is 23.6 Å². The van der Waals surface area contributed by atoms with Gasteiger partial charge >= 0.3 is 0 Å². The van der Waals surface area contributed by atoms with Crippen molar-refractivity contribution in [1.82, 2.24) is 10.6 Å². The van der Waals surface area contributed by atoms with Crippen LogP contribution in [0, 0.1) is 11.7 Å². The zero-order valence-electron chi connectivity index (χ0n) is 12.1. The van der Waals surface area contributed by atoms with E-state index in [2.05, 4.69) is 35.9 Å². The lowest BCUT2D eigenvalue weighted by molar-refractivity contribution is 0.475.